The molecule has 4 N–H and O–H groups in total. The van der Waals surface area contributed by atoms with Gasteiger partial charge in [-0.15, -0.1) is 0 Å². The van der Waals surface area contributed by atoms with Gasteiger partial charge in [0.05, 0.1) is 27.3 Å². The lowest BCUT2D eigenvalue weighted by atomic mass is 10.3. The number of benzene rings is 3. The number of rotatable bonds is 12. The summed E-state index contributed by atoms with van der Waals surface area (Å²) >= 11 is 0. The molecule has 10 nitrogen and oxygen atoms in total. The summed E-state index contributed by atoms with van der Waals surface area (Å²) in [6.07, 6.45) is 0. The summed E-state index contributed by atoms with van der Waals surface area (Å²) in [6, 6.07) is 20.4. The average Bonchev–Trinajstić information content (AvgIpc) is 2.90. The number of carbonyl (C=O) groups is 2. The number of carbonyl (C=O) groups excluding carboxylic acids is 2. The van der Waals surface area contributed by atoms with Crippen LogP contribution >= 0.6 is 0 Å². The van der Waals surface area contributed by atoms with Crippen LogP contribution in [0.25, 0.3) is 0 Å². The van der Waals surface area contributed by atoms with Crippen molar-refractivity contribution in [2.24, 2.45) is 0 Å². The predicted octanol–water partition coefficient (Wildman–Crippen LogP) is 4.10. The smallest absolute Gasteiger partial charge is 0.319 e. The molecule has 0 radical (unpaired) electrons. The molecule has 0 heterocycles. The Bertz CT molecular complexity index is 1020. The van der Waals surface area contributed by atoms with Crippen LogP contribution in [0.15, 0.2) is 72.8 Å². The Morgan fingerprint density at radius 3 is 1.39 bits per heavy atom. The lowest BCUT2D eigenvalue weighted by Crippen LogP contribution is -2.33. The van der Waals surface area contributed by atoms with Crippen molar-refractivity contribution in [1.82, 2.24) is 10.6 Å². The summed E-state index contributed by atoms with van der Waals surface area (Å²) in [7, 11) is 3.20. The van der Waals surface area contributed by atoms with Gasteiger partial charge in [0.15, 0.2) is 0 Å². The first-order valence-electron chi connectivity index (χ1n) is 11.3. The van der Waals surface area contributed by atoms with Crippen LogP contribution in [0.1, 0.15) is 0 Å². The molecule has 0 aliphatic rings. The monoisotopic (exact) mass is 494 g/mol. The van der Waals surface area contributed by atoms with Crippen molar-refractivity contribution in [1.29, 1.82) is 0 Å². The van der Waals surface area contributed by atoms with Crippen LogP contribution in [-0.2, 0) is 0 Å². The van der Waals surface area contributed by atoms with Crippen LogP contribution in [0.3, 0.4) is 0 Å². The molecule has 0 aliphatic heterocycles. The molecule has 3 aromatic rings. The summed E-state index contributed by atoms with van der Waals surface area (Å²) in [5.41, 5.74) is 1.06. The Kier molecular flexibility index (Phi) is 10.1. The van der Waals surface area contributed by atoms with E-state index < -0.39 is 0 Å². The van der Waals surface area contributed by atoms with E-state index in [0.29, 0.717) is 49.2 Å². The van der Waals surface area contributed by atoms with Crippen molar-refractivity contribution >= 4 is 23.4 Å². The minimum Gasteiger partial charge on any atom is -0.497 e. The van der Waals surface area contributed by atoms with E-state index in [-0.39, 0.29) is 12.1 Å². The summed E-state index contributed by atoms with van der Waals surface area (Å²) in [4.78, 5) is 24.3. The third-order valence-electron chi connectivity index (χ3n) is 4.81. The number of hydrogen-bond donors (Lipinski definition) is 4. The fourth-order valence-corrected chi connectivity index (χ4v) is 3.04. The molecule has 0 saturated heterocycles. The van der Waals surface area contributed by atoms with Crippen LogP contribution in [0.5, 0.6) is 23.0 Å². The average molecular weight is 495 g/mol. The van der Waals surface area contributed by atoms with E-state index in [1.165, 1.54) is 0 Å². The highest BCUT2D eigenvalue weighted by Gasteiger charge is 2.05. The zero-order valence-electron chi connectivity index (χ0n) is 20.2. The standard InChI is InChI=1S/C26H30N4O6/c1-33-21-6-10-23(11-7-21)35-16-14-27-25(31)29-19-4-3-5-20(18-19)30-26(32)28-15-17-36-24-12-8-22(34-2)9-13-24/h3-13,18H,14-17H2,1-2H3,(H2,27,29,31)(H2,28,30,32). The van der Waals surface area contributed by atoms with Gasteiger partial charge in [-0.1, -0.05) is 6.07 Å². The number of urea groups is 2. The Balaban J connectivity index is 1.32. The fourth-order valence-electron chi connectivity index (χ4n) is 3.04. The summed E-state index contributed by atoms with van der Waals surface area (Å²) in [5, 5.41) is 10.9. The molecule has 10 heteroatoms. The van der Waals surface area contributed by atoms with Gasteiger partial charge < -0.3 is 40.2 Å². The van der Waals surface area contributed by atoms with E-state index in [2.05, 4.69) is 21.3 Å². The Labute approximate surface area is 209 Å². The molecule has 0 aromatic heterocycles. The van der Waals surface area contributed by atoms with E-state index in [4.69, 9.17) is 18.9 Å². The third-order valence-corrected chi connectivity index (χ3v) is 4.81. The van der Waals surface area contributed by atoms with Gasteiger partial charge in [0.25, 0.3) is 0 Å². The number of anilines is 2. The van der Waals surface area contributed by atoms with Crippen molar-refractivity contribution < 1.29 is 28.5 Å². The normalized spacial score (nSPS) is 10.1. The second-order valence-electron chi connectivity index (χ2n) is 7.39. The highest BCUT2D eigenvalue weighted by Crippen LogP contribution is 2.18. The van der Waals surface area contributed by atoms with Gasteiger partial charge in [-0.25, -0.2) is 9.59 Å². The molecular formula is C26H30N4O6. The molecule has 0 aliphatic carbocycles. The molecule has 0 atom stereocenters. The molecule has 190 valence electrons. The number of amides is 4. The maximum atomic E-state index is 12.2. The van der Waals surface area contributed by atoms with Gasteiger partial charge in [-0.2, -0.15) is 0 Å². The van der Waals surface area contributed by atoms with Crippen molar-refractivity contribution in [2.75, 3.05) is 51.2 Å². The van der Waals surface area contributed by atoms with Crippen LogP contribution in [0.2, 0.25) is 0 Å². The predicted molar refractivity (Wildman–Crippen MR) is 137 cm³/mol. The van der Waals surface area contributed by atoms with Gasteiger partial charge in [0, 0.05) is 11.4 Å². The minimum absolute atomic E-state index is 0.309. The SMILES string of the molecule is COc1ccc(OCCNC(=O)Nc2cccc(NC(=O)NCCOc3ccc(OC)cc3)c2)cc1. The maximum Gasteiger partial charge on any atom is 0.319 e. The fraction of sp³-hybridized carbons (Fsp3) is 0.231. The summed E-state index contributed by atoms with van der Waals surface area (Å²) < 4.78 is 21.4. The van der Waals surface area contributed by atoms with E-state index in [9.17, 15) is 9.59 Å². The Hall–Kier alpha value is -4.60. The maximum absolute atomic E-state index is 12.2. The molecule has 0 bridgehead atoms. The molecule has 3 aromatic carbocycles. The van der Waals surface area contributed by atoms with Crippen LogP contribution in [0, 0.1) is 0 Å². The zero-order valence-corrected chi connectivity index (χ0v) is 20.2. The Morgan fingerprint density at radius 1 is 0.611 bits per heavy atom. The second-order valence-corrected chi connectivity index (χ2v) is 7.39. The number of nitrogens with one attached hydrogen (secondary N) is 4. The first kappa shape index (κ1) is 26.0. The third kappa shape index (κ3) is 8.98. The molecule has 3 rings (SSSR count). The second kappa shape index (κ2) is 14.0. The van der Waals surface area contributed by atoms with Crippen LogP contribution in [-0.4, -0.2) is 52.6 Å². The van der Waals surface area contributed by atoms with E-state index in [1.807, 2.05) is 0 Å². The van der Waals surface area contributed by atoms with Gasteiger partial charge in [-0.05, 0) is 66.7 Å². The quantitative estimate of drug-likeness (QED) is 0.282. The molecule has 0 saturated carbocycles. The molecule has 36 heavy (non-hydrogen) atoms. The topological polar surface area (TPSA) is 119 Å². The number of hydrogen-bond acceptors (Lipinski definition) is 6. The largest absolute Gasteiger partial charge is 0.497 e. The number of methoxy groups -OCH3 is 2. The van der Waals surface area contributed by atoms with E-state index in [1.54, 1.807) is 87.0 Å². The zero-order chi connectivity index (χ0) is 25.6. The molecule has 4 amide bonds. The highest BCUT2D eigenvalue weighted by atomic mass is 16.5. The molecule has 0 unspecified atom stereocenters. The van der Waals surface area contributed by atoms with Gasteiger partial charge >= 0.3 is 12.1 Å². The van der Waals surface area contributed by atoms with Crippen LogP contribution in [0.4, 0.5) is 21.0 Å². The molecule has 0 spiro atoms. The van der Waals surface area contributed by atoms with Gasteiger partial charge in [0.1, 0.15) is 36.2 Å². The minimum atomic E-state index is -0.384. The lowest BCUT2D eigenvalue weighted by Gasteiger charge is -2.12. The molecular weight excluding hydrogens is 464 g/mol. The number of ether oxygens (including phenoxy) is 4. The van der Waals surface area contributed by atoms with Crippen molar-refractivity contribution in [3.8, 4) is 23.0 Å². The summed E-state index contributed by atoms with van der Waals surface area (Å²) in [5.74, 6) is 2.85. The first-order valence-corrected chi connectivity index (χ1v) is 11.3. The van der Waals surface area contributed by atoms with E-state index >= 15 is 0 Å². The van der Waals surface area contributed by atoms with E-state index in [0.717, 1.165) is 11.5 Å². The molecule has 0 fully saturated rings. The highest BCUT2D eigenvalue weighted by molar-refractivity contribution is 5.92. The van der Waals surface area contributed by atoms with Gasteiger partial charge in [0.2, 0.25) is 0 Å². The van der Waals surface area contributed by atoms with Crippen molar-refractivity contribution in [3.63, 3.8) is 0 Å². The van der Waals surface area contributed by atoms with Crippen LogP contribution < -0.4 is 40.2 Å². The van der Waals surface area contributed by atoms with Crippen molar-refractivity contribution in [2.45, 2.75) is 0 Å². The summed E-state index contributed by atoms with van der Waals surface area (Å²) in [6.45, 7) is 1.25. The first-order chi connectivity index (χ1) is 17.6. The Morgan fingerprint density at radius 2 is 1.00 bits per heavy atom. The lowest BCUT2D eigenvalue weighted by molar-refractivity contribution is 0.247. The van der Waals surface area contributed by atoms with Gasteiger partial charge in [-0.3, -0.25) is 0 Å². The van der Waals surface area contributed by atoms with Crippen molar-refractivity contribution in [3.05, 3.63) is 72.8 Å².